The Kier molecular flexibility index (Phi) is 5.19. The number of anilines is 1. The lowest BCUT2D eigenvalue weighted by Gasteiger charge is -2.10. The molecule has 0 spiro atoms. The van der Waals surface area contributed by atoms with Crippen LogP contribution in [0.5, 0.6) is 11.5 Å². The van der Waals surface area contributed by atoms with Crippen molar-refractivity contribution in [3.05, 3.63) is 47.7 Å². The first kappa shape index (κ1) is 15.6. The van der Waals surface area contributed by atoms with Crippen molar-refractivity contribution in [1.29, 1.82) is 0 Å². The van der Waals surface area contributed by atoms with Gasteiger partial charge in [-0.05, 0) is 25.1 Å². The third kappa shape index (κ3) is 3.66. The molecule has 0 unspecified atom stereocenters. The zero-order chi connectivity index (χ0) is 15.9. The van der Waals surface area contributed by atoms with Gasteiger partial charge in [-0.3, -0.25) is 4.79 Å². The summed E-state index contributed by atoms with van der Waals surface area (Å²) in [5.74, 6) is 1.01. The van der Waals surface area contributed by atoms with Crippen LogP contribution in [0.3, 0.4) is 0 Å². The Morgan fingerprint density at radius 3 is 2.77 bits per heavy atom. The van der Waals surface area contributed by atoms with E-state index in [9.17, 15) is 9.90 Å². The number of hydrogen-bond acceptors (Lipinski definition) is 5. The fourth-order valence-corrected chi connectivity index (χ4v) is 1.96. The van der Waals surface area contributed by atoms with Gasteiger partial charge in [-0.15, -0.1) is 0 Å². The van der Waals surface area contributed by atoms with Crippen LogP contribution >= 0.6 is 0 Å². The molecule has 2 rings (SSSR count). The summed E-state index contributed by atoms with van der Waals surface area (Å²) in [4.78, 5) is 15.8. The molecule has 0 aliphatic heterocycles. The normalized spacial score (nSPS) is 10.1. The molecule has 0 saturated heterocycles. The topological polar surface area (TPSA) is 83.5 Å². The Morgan fingerprint density at radius 2 is 2.14 bits per heavy atom. The van der Waals surface area contributed by atoms with Gasteiger partial charge in [0.25, 0.3) is 5.91 Å². The highest BCUT2D eigenvalue weighted by molar-refractivity contribution is 5.93. The molecule has 2 aromatic rings. The maximum Gasteiger partial charge on any atom is 0.252 e. The summed E-state index contributed by atoms with van der Waals surface area (Å²) in [6.07, 6.45) is 1.51. The number of amides is 1. The van der Waals surface area contributed by atoms with Crippen LogP contribution in [0.15, 0.2) is 36.5 Å². The van der Waals surface area contributed by atoms with Crippen LogP contribution in [0.2, 0.25) is 0 Å². The SMILES string of the molecule is CCNC(=O)c1ccc(NCc2cccc(OC)c2O)nc1. The molecule has 0 radical (unpaired) electrons. The average Bonchev–Trinajstić information content (AvgIpc) is 2.54. The quantitative estimate of drug-likeness (QED) is 0.761. The highest BCUT2D eigenvalue weighted by atomic mass is 16.5. The highest BCUT2D eigenvalue weighted by Gasteiger charge is 2.08. The van der Waals surface area contributed by atoms with E-state index in [-0.39, 0.29) is 11.7 Å². The van der Waals surface area contributed by atoms with Crippen molar-refractivity contribution in [1.82, 2.24) is 10.3 Å². The summed E-state index contributed by atoms with van der Waals surface area (Å²) in [5, 5.41) is 15.8. The average molecular weight is 301 g/mol. The number of benzene rings is 1. The second-order valence-electron chi connectivity index (χ2n) is 4.61. The van der Waals surface area contributed by atoms with Crippen molar-refractivity contribution in [2.45, 2.75) is 13.5 Å². The monoisotopic (exact) mass is 301 g/mol. The summed E-state index contributed by atoms with van der Waals surface area (Å²) in [7, 11) is 1.51. The van der Waals surface area contributed by atoms with Crippen LogP contribution in [-0.2, 0) is 6.54 Å². The number of carbonyl (C=O) groups excluding carboxylic acids is 1. The number of hydrogen-bond donors (Lipinski definition) is 3. The summed E-state index contributed by atoms with van der Waals surface area (Å²) in [6.45, 7) is 2.84. The van der Waals surface area contributed by atoms with E-state index in [2.05, 4.69) is 15.6 Å². The molecular formula is C16H19N3O3. The predicted molar refractivity (Wildman–Crippen MR) is 84.2 cm³/mol. The molecule has 116 valence electrons. The Hall–Kier alpha value is -2.76. The van der Waals surface area contributed by atoms with Crippen molar-refractivity contribution < 1.29 is 14.6 Å². The summed E-state index contributed by atoms with van der Waals surface area (Å²) >= 11 is 0. The first-order valence-corrected chi connectivity index (χ1v) is 6.98. The maximum atomic E-state index is 11.6. The molecule has 0 aliphatic carbocycles. The van der Waals surface area contributed by atoms with Crippen LogP contribution in [-0.4, -0.2) is 29.7 Å². The number of rotatable bonds is 6. The smallest absolute Gasteiger partial charge is 0.252 e. The molecule has 6 nitrogen and oxygen atoms in total. The molecule has 0 bridgehead atoms. The minimum Gasteiger partial charge on any atom is -0.504 e. The summed E-state index contributed by atoms with van der Waals surface area (Å²) in [6, 6.07) is 8.72. The molecule has 0 fully saturated rings. The predicted octanol–water partition coefficient (Wildman–Crippen LogP) is 2.16. The number of nitrogens with zero attached hydrogens (tertiary/aromatic N) is 1. The minimum absolute atomic E-state index is 0.108. The van der Waals surface area contributed by atoms with Crippen molar-refractivity contribution in [2.24, 2.45) is 0 Å². The van der Waals surface area contributed by atoms with E-state index < -0.39 is 0 Å². The third-order valence-corrected chi connectivity index (χ3v) is 3.13. The molecule has 0 atom stereocenters. The number of aromatic hydroxyl groups is 1. The fraction of sp³-hybridized carbons (Fsp3) is 0.250. The summed E-state index contributed by atoms with van der Waals surface area (Å²) < 4.78 is 5.06. The molecule has 1 heterocycles. The second kappa shape index (κ2) is 7.31. The molecule has 1 aromatic heterocycles. The van der Waals surface area contributed by atoms with Gasteiger partial charge in [-0.2, -0.15) is 0 Å². The van der Waals surface area contributed by atoms with Gasteiger partial charge in [0, 0.05) is 24.8 Å². The van der Waals surface area contributed by atoms with E-state index in [4.69, 9.17) is 4.74 Å². The molecule has 1 amide bonds. The van der Waals surface area contributed by atoms with Crippen LogP contribution in [0.1, 0.15) is 22.8 Å². The molecule has 6 heteroatoms. The zero-order valence-corrected chi connectivity index (χ0v) is 12.6. The summed E-state index contributed by atoms with van der Waals surface area (Å²) in [5.41, 5.74) is 1.21. The van der Waals surface area contributed by atoms with Crippen molar-refractivity contribution in [3.63, 3.8) is 0 Å². The van der Waals surface area contributed by atoms with Gasteiger partial charge < -0.3 is 20.5 Å². The number of pyridine rings is 1. The maximum absolute atomic E-state index is 11.6. The van der Waals surface area contributed by atoms with E-state index in [0.717, 1.165) is 0 Å². The zero-order valence-electron chi connectivity index (χ0n) is 12.6. The number of methoxy groups -OCH3 is 1. The van der Waals surface area contributed by atoms with E-state index in [1.807, 2.05) is 6.92 Å². The van der Waals surface area contributed by atoms with Crippen molar-refractivity contribution in [2.75, 3.05) is 19.0 Å². The molecule has 22 heavy (non-hydrogen) atoms. The van der Waals surface area contributed by atoms with E-state index in [0.29, 0.717) is 35.8 Å². The molecule has 0 aliphatic rings. The Balaban J connectivity index is 2.02. The highest BCUT2D eigenvalue weighted by Crippen LogP contribution is 2.29. The lowest BCUT2D eigenvalue weighted by Crippen LogP contribution is -2.22. The van der Waals surface area contributed by atoms with E-state index in [1.54, 1.807) is 30.3 Å². The Labute approximate surface area is 129 Å². The van der Waals surface area contributed by atoms with Gasteiger partial charge in [0.1, 0.15) is 5.82 Å². The van der Waals surface area contributed by atoms with Crippen LogP contribution in [0.25, 0.3) is 0 Å². The van der Waals surface area contributed by atoms with Gasteiger partial charge in [-0.25, -0.2) is 4.98 Å². The minimum atomic E-state index is -0.146. The molecular weight excluding hydrogens is 282 g/mol. The second-order valence-corrected chi connectivity index (χ2v) is 4.61. The number of carbonyl (C=O) groups is 1. The number of phenolic OH excluding ortho intramolecular Hbond substituents is 1. The molecule has 3 N–H and O–H groups in total. The first-order valence-electron chi connectivity index (χ1n) is 6.98. The van der Waals surface area contributed by atoms with E-state index in [1.165, 1.54) is 13.3 Å². The van der Waals surface area contributed by atoms with Crippen LogP contribution in [0, 0.1) is 0 Å². The number of para-hydroxylation sites is 1. The molecule has 1 aromatic carbocycles. The van der Waals surface area contributed by atoms with Crippen molar-refractivity contribution >= 4 is 11.7 Å². The van der Waals surface area contributed by atoms with Gasteiger partial charge in [0.2, 0.25) is 0 Å². The first-order chi connectivity index (χ1) is 10.7. The number of ether oxygens (including phenoxy) is 1. The van der Waals surface area contributed by atoms with Crippen molar-refractivity contribution in [3.8, 4) is 11.5 Å². The van der Waals surface area contributed by atoms with Gasteiger partial charge in [-0.1, -0.05) is 12.1 Å². The third-order valence-electron chi connectivity index (χ3n) is 3.13. The lowest BCUT2D eigenvalue weighted by atomic mass is 10.2. The van der Waals surface area contributed by atoms with Gasteiger partial charge in [0.15, 0.2) is 11.5 Å². The fourth-order valence-electron chi connectivity index (χ4n) is 1.96. The Bertz CT molecular complexity index is 642. The van der Waals surface area contributed by atoms with Crippen LogP contribution in [0.4, 0.5) is 5.82 Å². The lowest BCUT2D eigenvalue weighted by molar-refractivity contribution is 0.0955. The number of phenols is 1. The number of nitrogens with one attached hydrogen (secondary N) is 2. The van der Waals surface area contributed by atoms with E-state index >= 15 is 0 Å². The van der Waals surface area contributed by atoms with Gasteiger partial charge >= 0.3 is 0 Å². The standard InChI is InChI=1S/C16H19N3O3/c1-3-17-16(21)12-7-8-14(19-10-12)18-9-11-5-4-6-13(22-2)15(11)20/h4-8,10,20H,3,9H2,1-2H3,(H,17,21)(H,18,19). The van der Waals surface area contributed by atoms with Crippen LogP contribution < -0.4 is 15.4 Å². The largest absolute Gasteiger partial charge is 0.504 e. The van der Waals surface area contributed by atoms with Gasteiger partial charge in [0.05, 0.1) is 12.7 Å². The number of aromatic nitrogens is 1. The Morgan fingerprint density at radius 1 is 1.32 bits per heavy atom. The molecule has 0 saturated carbocycles.